The molecule has 0 aromatic rings. The molecule has 4 bridgehead atoms. The van der Waals surface area contributed by atoms with E-state index in [0.29, 0.717) is 18.3 Å². The average Bonchev–Trinajstić information content (AvgIpc) is 2.90. The third-order valence-corrected chi connectivity index (χ3v) is 9.88. The second-order valence-corrected chi connectivity index (χ2v) is 10.6. The maximum absolute atomic E-state index is 13.8. The van der Waals surface area contributed by atoms with Crippen LogP contribution in [0, 0.1) is 40.4 Å². The van der Waals surface area contributed by atoms with Crippen molar-refractivity contribution >= 4 is 11.8 Å². The number of carbonyl (C=O) groups is 2. The number of ether oxygens (including phenoxy) is 1. The molecule has 0 unspecified atom stereocenters. The Kier molecular flexibility index (Phi) is 3.39. The lowest BCUT2D eigenvalue weighted by molar-refractivity contribution is -0.317. The molecular weight excluding hydrogens is 328 g/mol. The SMILES string of the molecule is C[C@@H](C(=O)[O-])[C@H]1CC[C@@H]2[C@H]3CC[C@H]4C[C@@H]5CC[C@@]4(C)[C@]3(O5)C(=O)C[C@@]21C. The molecule has 4 nitrogen and oxygen atoms in total. The van der Waals surface area contributed by atoms with E-state index in [1.165, 1.54) is 6.42 Å². The maximum atomic E-state index is 13.8. The van der Waals surface area contributed by atoms with Crippen molar-refractivity contribution in [3.8, 4) is 0 Å². The average molecular weight is 359 g/mol. The van der Waals surface area contributed by atoms with Crippen LogP contribution in [0.15, 0.2) is 0 Å². The third kappa shape index (κ3) is 1.76. The molecule has 6 fully saturated rings. The van der Waals surface area contributed by atoms with E-state index >= 15 is 0 Å². The number of rotatable bonds is 2. The van der Waals surface area contributed by atoms with Gasteiger partial charge >= 0.3 is 0 Å². The minimum Gasteiger partial charge on any atom is -0.550 e. The number of carbonyl (C=O) groups excluding carboxylic acids is 2. The zero-order valence-electron chi connectivity index (χ0n) is 16.3. The molecule has 2 saturated heterocycles. The molecule has 4 saturated carbocycles. The van der Waals surface area contributed by atoms with Crippen LogP contribution >= 0.6 is 0 Å². The van der Waals surface area contributed by atoms with E-state index in [9.17, 15) is 14.7 Å². The summed E-state index contributed by atoms with van der Waals surface area (Å²) in [5, 5.41) is 11.6. The van der Waals surface area contributed by atoms with Gasteiger partial charge in [-0.2, -0.15) is 0 Å². The monoisotopic (exact) mass is 359 g/mol. The molecule has 0 aromatic heterocycles. The molecule has 9 atom stereocenters. The molecule has 0 radical (unpaired) electrons. The lowest BCUT2D eigenvalue weighted by Crippen LogP contribution is -2.75. The Labute approximate surface area is 156 Å². The highest BCUT2D eigenvalue weighted by molar-refractivity contribution is 5.91. The minimum atomic E-state index is -0.965. The van der Waals surface area contributed by atoms with Gasteiger partial charge in [0.15, 0.2) is 5.78 Å². The van der Waals surface area contributed by atoms with Gasteiger partial charge in [0.2, 0.25) is 0 Å². The minimum absolute atomic E-state index is 0.0128. The molecule has 1 spiro atoms. The number of aliphatic carboxylic acids is 1. The first-order chi connectivity index (χ1) is 12.2. The van der Waals surface area contributed by atoms with Gasteiger partial charge in [-0.25, -0.2) is 0 Å². The van der Waals surface area contributed by atoms with Crippen molar-refractivity contribution in [3.63, 3.8) is 0 Å². The first kappa shape index (κ1) is 17.2. The Balaban J connectivity index is 1.58. The van der Waals surface area contributed by atoms with Crippen LogP contribution in [0.4, 0.5) is 0 Å². The van der Waals surface area contributed by atoms with Gasteiger partial charge in [-0.15, -0.1) is 0 Å². The van der Waals surface area contributed by atoms with Crippen LogP contribution < -0.4 is 5.11 Å². The summed E-state index contributed by atoms with van der Waals surface area (Å²) in [5.41, 5.74) is -0.808. The van der Waals surface area contributed by atoms with Gasteiger partial charge in [-0.05, 0) is 80.0 Å². The summed E-state index contributed by atoms with van der Waals surface area (Å²) >= 11 is 0. The number of hydrogen-bond donors (Lipinski definition) is 0. The summed E-state index contributed by atoms with van der Waals surface area (Å²) < 4.78 is 6.68. The number of carboxylic acids is 1. The fraction of sp³-hybridized carbons (Fsp3) is 0.909. The molecule has 2 heterocycles. The molecule has 2 aliphatic heterocycles. The molecule has 6 aliphatic rings. The molecule has 0 amide bonds. The number of fused-ring (bicyclic) bond motifs is 3. The summed E-state index contributed by atoms with van der Waals surface area (Å²) in [7, 11) is 0. The number of ketones is 1. The molecular formula is C22H31O4-. The summed E-state index contributed by atoms with van der Waals surface area (Å²) in [6.07, 6.45) is 8.32. The van der Waals surface area contributed by atoms with Crippen molar-refractivity contribution in [1.82, 2.24) is 0 Å². The first-order valence-electron chi connectivity index (χ1n) is 10.7. The fourth-order valence-electron chi connectivity index (χ4n) is 8.64. The van der Waals surface area contributed by atoms with E-state index in [0.717, 1.165) is 38.5 Å². The fourth-order valence-corrected chi connectivity index (χ4v) is 8.64. The molecule has 0 aromatic carbocycles. The van der Waals surface area contributed by atoms with E-state index in [-0.39, 0.29) is 34.6 Å². The van der Waals surface area contributed by atoms with Crippen LogP contribution in [0.5, 0.6) is 0 Å². The second kappa shape index (κ2) is 5.12. The molecule has 0 N–H and O–H groups in total. The van der Waals surface area contributed by atoms with Crippen LogP contribution in [-0.4, -0.2) is 23.5 Å². The summed E-state index contributed by atoms with van der Waals surface area (Å²) in [5.74, 6) is 0.191. The zero-order valence-corrected chi connectivity index (χ0v) is 16.3. The lowest BCUT2D eigenvalue weighted by atomic mass is 9.40. The molecule has 4 heteroatoms. The normalized spacial score (nSPS) is 56.0. The Hall–Kier alpha value is -0.900. The third-order valence-electron chi connectivity index (χ3n) is 9.88. The predicted octanol–water partition coefficient (Wildman–Crippen LogP) is 2.73. The van der Waals surface area contributed by atoms with Crippen LogP contribution in [0.2, 0.25) is 0 Å². The number of hydrogen-bond acceptors (Lipinski definition) is 4. The quantitative estimate of drug-likeness (QED) is 0.760. The van der Waals surface area contributed by atoms with Crippen molar-refractivity contribution in [2.24, 2.45) is 40.4 Å². The molecule has 6 rings (SSSR count). The number of carboxylic acid groups (broad SMARTS) is 1. The summed E-state index contributed by atoms with van der Waals surface area (Å²) in [4.78, 5) is 25.3. The predicted molar refractivity (Wildman–Crippen MR) is 93.9 cm³/mol. The topological polar surface area (TPSA) is 66.4 Å². The Morgan fingerprint density at radius 3 is 2.62 bits per heavy atom. The highest BCUT2D eigenvalue weighted by Gasteiger charge is 2.74. The van der Waals surface area contributed by atoms with Crippen LogP contribution in [0.1, 0.15) is 72.1 Å². The van der Waals surface area contributed by atoms with E-state index in [1.54, 1.807) is 6.92 Å². The van der Waals surface area contributed by atoms with Gasteiger partial charge < -0.3 is 14.6 Å². The summed E-state index contributed by atoms with van der Waals surface area (Å²) in [6.45, 7) is 6.30. The zero-order chi connectivity index (χ0) is 18.5. The van der Waals surface area contributed by atoms with Crippen molar-refractivity contribution in [2.45, 2.75) is 83.8 Å². The van der Waals surface area contributed by atoms with Gasteiger partial charge in [-0.3, -0.25) is 4.79 Å². The van der Waals surface area contributed by atoms with Crippen molar-refractivity contribution in [1.29, 1.82) is 0 Å². The smallest absolute Gasteiger partial charge is 0.166 e. The first-order valence-corrected chi connectivity index (χ1v) is 10.7. The van der Waals surface area contributed by atoms with Crippen molar-refractivity contribution in [3.05, 3.63) is 0 Å². The van der Waals surface area contributed by atoms with E-state index < -0.39 is 17.5 Å². The van der Waals surface area contributed by atoms with Gasteiger partial charge in [-0.1, -0.05) is 20.8 Å². The largest absolute Gasteiger partial charge is 0.550 e. The van der Waals surface area contributed by atoms with Gasteiger partial charge in [0, 0.05) is 17.8 Å². The van der Waals surface area contributed by atoms with Crippen molar-refractivity contribution in [2.75, 3.05) is 0 Å². The molecule has 144 valence electrons. The maximum Gasteiger partial charge on any atom is 0.166 e. The second-order valence-electron chi connectivity index (χ2n) is 10.6. The summed E-state index contributed by atoms with van der Waals surface area (Å²) in [6, 6.07) is 0. The van der Waals surface area contributed by atoms with Crippen LogP contribution in [0.3, 0.4) is 0 Å². The van der Waals surface area contributed by atoms with Crippen molar-refractivity contribution < 1.29 is 19.4 Å². The van der Waals surface area contributed by atoms with Crippen LogP contribution in [0.25, 0.3) is 0 Å². The molecule has 4 aliphatic carbocycles. The Morgan fingerprint density at radius 2 is 1.88 bits per heavy atom. The van der Waals surface area contributed by atoms with Gasteiger partial charge in [0.05, 0.1) is 6.10 Å². The Morgan fingerprint density at radius 1 is 1.15 bits per heavy atom. The van der Waals surface area contributed by atoms with Gasteiger partial charge in [0.25, 0.3) is 0 Å². The van der Waals surface area contributed by atoms with E-state index in [1.807, 2.05) is 0 Å². The Bertz CT molecular complexity index is 673. The van der Waals surface area contributed by atoms with E-state index in [4.69, 9.17) is 4.74 Å². The standard InChI is InChI=1S/C22H32O4/c1-12(19(24)25)15-6-7-16-17-5-4-13-10-14-8-9-21(13,3)22(17,26-14)18(23)11-20(15,16)2/h12-17H,4-11H2,1-3H3,(H,24,25)/p-1/t12-,13+,14+,15-,16-,17-,20-,21-,22-/m1/s1. The van der Waals surface area contributed by atoms with Crippen LogP contribution in [-0.2, 0) is 14.3 Å². The molecule has 26 heavy (non-hydrogen) atoms. The van der Waals surface area contributed by atoms with Gasteiger partial charge in [0.1, 0.15) is 5.60 Å². The highest BCUT2D eigenvalue weighted by atomic mass is 16.5. The highest BCUT2D eigenvalue weighted by Crippen LogP contribution is 2.72. The number of Topliss-reactive ketones (excluding diaryl/α,β-unsaturated/α-hetero) is 1. The van der Waals surface area contributed by atoms with E-state index in [2.05, 4.69) is 13.8 Å². The lowest BCUT2D eigenvalue weighted by Gasteiger charge is -2.70.